The Balaban J connectivity index is 2.69. The van der Waals surface area contributed by atoms with E-state index < -0.39 is 16.9 Å². The molecule has 1 atom stereocenters. The van der Waals surface area contributed by atoms with Crippen molar-refractivity contribution in [3.8, 4) is 5.75 Å². The minimum absolute atomic E-state index is 0.0495. The van der Waals surface area contributed by atoms with E-state index in [1.54, 1.807) is 26.1 Å². The van der Waals surface area contributed by atoms with Gasteiger partial charge >= 0.3 is 11.7 Å². The average molecular weight is 282 g/mol. The van der Waals surface area contributed by atoms with E-state index in [-0.39, 0.29) is 18.0 Å². The van der Waals surface area contributed by atoms with Gasteiger partial charge in [-0.2, -0.15) is 0 Å². The summed E-state index contributed by atoms with van der Waals surface area (Å²) in [5, 5.41) is 13.8. The smallest absolute Gasteiger partial charge is 0.322 e. The van der Waals surface area contributed by atoms with Crippen LogP contribution in [0.3, 0.4) is 0 Å². The van der Waals surface area contributed by atoms with Gasteiger partial charge < -0.3 is 14.8 Å². The number of ether oxygens (including phenoxy) is 2. The standard InChI is InChI=1S/C13H18N2O5/c1-9-5-4-6-11(12(9)15(17)18)20-8-7-10(14-2)13(16)19-3/h4-6,10,14H,7-8H2,1-3H3. The van der Waals surface area contributed by atoms with Crippen LogP contribution in [0.15, 0.2) is 18.2 Å². The van der Waals surface area contributed by atoms with Crippen molar-refractivity contribution in [3.63, 3.8) is 0 Å². The molecule has 0 saturated carbocycles. The molecule has 0 fully saturated rings. The molecule has 20 heavy (non-hydrogen) atoms. The Hall–Kier alpha value is -2.15. The molecule has 0 radical (unpaired) electrons. The second-order valence-electron chi connectivity index (χ2n) is 4.18. The average Bonchev–Trinajstić information content (AvgIpc) is 2.42. The topological polar surface area (TPSA) is 90.7 Å². The molecular weight excluding hydrogens is 264 g/mol. The van der Waals surface area contributed by atoms with Crippen LogP contribution in [0.1, 0.15) is 12.0 Å². The molecule has 0 amide bonds. The number of likely N-dealkylation sites (N-methyl/N-ethyl adjacent to an activating group) is 1. The first-order valence-electron chi connectivity index (χ1n) is 6.13. The van der Waals surface area contributed by atoms with Crippen LogP contribution in [-0.4, -0.2) is 37.7 Å². The second-order valence-corrected chi connectivity index (χ2v) is 4.18. The van der Waals surface area contributed by atoms with E-state index in [1.807, 2.05) is 0 Å². The number of nitrogens with one attached hydrogen (secondary N) is 1. The lowest BCUT2D eigenvalue weighted by atomic mass is 10.2. The summed E-state index contributed by atoms with van der Waals surface area (Å²) in [5.74, 6) is -0.190. The SMILES string of the molecule is CNC(CCOc1cccc(C)c1[N+](=O)[O-])C(=O)OC. The highest BCUT2D eigenvalue weighted by Crippen LogP contribution is 2.30. The maximum Gasteiger partial charge on any atom is 0.322 e. The van der Waals surface area contributed by atoms with Crippen molar-refractivity contribution in [1.29, 1.82) is 0 Å². The molecule has 110 valence electrons. The highest BCUT2D eigenvalue weighted by Gasteiger charge is 2.20. The number of esters is 1. The van der Waals surface area contributed by atoms with Crippen LogP contribution in [0.2, 0.25) is 0 Å². The van der Waals surface area contributed by atoms with E-state index in [4.69, 9.17) is 4.74 Å². The van der Waals surface area contributed by atoms with Crippen molar-refractivity contribution in [2.45, 2.75) is 19.4 Å². The summed E-state index contributed by atoms with van der Waals surface area (Å²) >= 11 is 0. The third kappa shape index (κ3) is 3.92. The van der Waals surface area contributed by atoms with Gasteiger partial charge in [-0.15, -0.1) is 0 Å². The number of nitrogens with zero attached hydrogens (tertiary/aromatic N) is 1. The van der Waals surface area contributed by atoms with Gasteiger partial charge in [0.1, 0.15) is 6.04 Å². The first-order chi connectivity index (χ1) is 9.51. The zero-order valence-electron chi connectivity index (χ0n) is 11.7. The molecule has 0 heterocycles. The molecule has 7 nitrogen and oxygen atoms in total. The second kappa shape index (κ2) is 7.44. The minimum atomic E-state index is -0.496. The molecular formula is C13H18N2O5. The number of nitro groups is 1. The molecule has 1 rings (SSSR count). The highest BCUT2D eigenvalue weighted by atomic mass is 16.6. The van der Waals surface area contributed by atoms with Gasteiger partial charge in [0.25, 0.3) is 0 Å². The summed E-state index contributed by atoms with van der Waals surface area (Å²) in [4.78, 5) is 21.9. The fourth-order valence-electron chi connectivity index (χ4n) is 1.79. The van der Waals surface area contributed by atoms with Crippen LogP contribution < -0.4 is 10.1 Å². The van der Waals surface area contributed by atoms with Gasteiger partial charge in [-0.3, -0.25) is 14.9 Å². The Labute approximate surface area is 117 Å². The third-order valence-electron chi connectivity index (χ3n) is 2.88. The van der Waals surface area contributed by atoms with Crippen molar-refractivity contribution in [1.82, 2.24) is 5.32 Å². The monoisotopic (exact) mass is 282 g/mol. The lowest BCUT2D eigenvalue weighted by Crippen LogP contribution is -2.36. The number of rotatable bonds is 7. The summed E-state index contributed by atoms with van der Waals surface area (Å²) in [6.45, 7) is 1.82. The van der Waals surface area contributed by atoms with E-state index in [1.165, 1.54) is 13.2 Å². The summed E-state index contributed by atoms with van der Waals surface area (Å²) in [7, 11) is 2.94. The van der Waals surface area contributed by atoms with Crippen molar-refractivity contribution in [2.24, 2.45) is 0 Å². The maximum absolute atomic E-state index is 11.4. The van der Waals surface area contributed by atoms with Crippen LogP contribution >= 0.6 is 0 Å². The summed E-state index contributed by atoms with van der Waals surface area (Å²) in [6, 6.07) is 4.38. The van der Waals surface area contributed by atoms with Crippen LogP contribution in [0.25, 0.3) is 0 Å². The molecule has 0 aliphatic carbocycles. The lowest BCUT2D eigenvalue weighted by molar-refractivity contribution is -0.386. The molecule has 0 aromatic heterocycles. The number of aryl methyl sites for hydroxylation is 1. The number of benzene rings is 1. The fourth-order valence-corrected chi connectivity index (χ4v) is 1.79. The number of carbonyl (C=O) groups excluding carboxylic acids is 1. The van der Waals surface area contributed by atoms with Crippen molar-refractivity contribution in [2.75, 3.05) is 20.8 Å². The van der Waals surface area contributed by atoms with E-state index in [0.717, 1.165) is 0 Å². The van der Waals surface area contributed by atoms with Gasteiger partial charge in [0.2, 0.25) is 0 Å². The van der Waals surface area contributed by atoms with Gasteiger partial charge in [-0.05, 0) is 20.0 Å². The minimum Gasteiger partial charge on any atom is -0.487 e. The van der Waals surface area contributed by atoms with E-state index in [0.29, 0.717) is 12.0 Å². The molecule has 1 aromatic carbocycles. The Morgan fingerprint density at radius 1 is 1.50 bits per heavy atom. The van der Waals surface area contributed by atoms with Gasteiger partial charge in [-0.25, -0.2) is 0 Å². The predicted octanol–water partition coefficient (Wildman–Crippen LogP) is 1.43. The molecule has 0 aliphatic rings. The quantitative estimate of drug-likeness (QED) is 0.462. The molecule has 1 unspecified atom stereocenters. The zero-order chi connectivity index (χ0) is 15.1. The van der Waals surface area contributed by atoms with E-state index in [9.17, 15) is 14.9 Å². The van der Waals surface area contributed by atoms with Gasteiger partial charge in [0.05, 0.1) is 18.6 Å². The zero-order valence-corrected chi connectivity index (χ0v) is 11.7. The van der Waals surface area contributed by atoms with Gasteiger partial charge in [0.15, 0.2) is 5.75 Å². The number of hydrogen-bond acceptors (Lipinski definition) is 6. The molecule has 1 aromatic rings. The fraction of sp³-hybridized carbons (Fsp3) is 0.462. The first kappa shape index (κ1) is 15.9. The molecule has 0 saturated heterocycles. The summed E-state index contributed by atoms with van der Waals surface area (Å²) in [5.41, 5.74) is 0.484. The maximum atomic E-state index is 11.4. The molecule has 7 heteroatoms. The molecule has 0 aliphatic heterocycles. The highest BCUT2D eigenvalue weighted by molar-refractivity contribution is 5.75. The van der Waals surface area contributed by atoms with Crippen molar-refractivity contribution < 1.29 is 19.2 Å². The van der Waals surface area contributed by atoms with Crippen molar-refractivity contribution >= 4 is 11.7 Å². The number of hydrogen-bond donors (Lipinski definition) is 1. The van der Waals surface area contributed by atoms with Crippen LogP contribution in [-0.2, 0) is 9.53 Å². The van der Waals surface area contributed by atoms with Gasteiger partial charge in [0, 0.05) is 12.0 Å². The van der Waals surface area contributed by atoms with Crippen LogP contribution in [0, 0.1) is 17.0 Å². The number of carbonyl (C=O) groups is 1. The van der Waals surface area contributed by atoms with Crippen molar-refractivity contribution in [3.05, 3.63) is 33.9 Å². The van der Waals surface area contributed by atoms with Crippen LogP contribution in [0.5, 0.6) is 5.75 Å². The third-order valence-corrected chi connectivity index (χ3v) is 2.88. The van der Waals surface area contributed by atoms with Gasteiger partial charge in [-0.1, -0.05) is 12.1 Å². The summed E-state index contributed by atoms with van der Waals surface area (Å²) < 4.78 is 10.0. The largest absolute Gasteiger partial charge is 0.487 e. The Morgan fingerprint density at radius 3 is 2.75 bits per heavy atom. The molecule has 0 spiro atoms. The van der Waals surface area contributed by atoms with E-state index in [2.05, 4.69) is 10.1 Å². The number of nitro benzene ring substituents is 1. The normalized spacial score (nSPS) is 11.8. The Bertz CT molecular complexity index is 490. The molecule has 0 bridgehead atoms. The predicted molar refractivity (Wildman–Crippen MR) is 72.8 cm³/mol. The lowest BCUT2D eigenvalue weighted by Gasteiger charge is -2.14. The Kier molecular flexibility index (Phi) is 5.92. The summed E-state index contributed by atoms with van der Waals surface area (Å²) in [6.07, 6.45) is 0.355. The number of para-hydroxylation sites is 1. The number of methoxy groups -OCH3 is 1. The van der Waals surface area contributed by atoms with Crippen LogP contribution in [0.4, 0.5) is 5.69 Å². The Morgan fingerprint density at radius 2 is 2.20 bits per heavy atom. The molecule has 1 N–H and O–H groups in total. The van der Waals surface area contributed by atoms with E-state index >= 15 is 0 Å². The first-order valence-corrected chi connectivity index (χ1v) is 6.13.